The highest BCUT2D eigenvalue weighted by Gasteiger charge is 2.39. The number of anilines is 1. The number of hydrogen-bond donors (Lipinski definition) is 0. The van der Waals surface area contributed by atoms with E-state index in [4.69, 9.17) is 0 Å². The van der Waals surface area contributed by atoms with Gasteiger partial charge in [0.1, 0.15) is 11.6 Å². The van der Waals surface area contributed by atoms with Gasteiger partial charge in [0.25, 0.3) is 10.2 Å². The second kappa shape index (κ2) is 9.15. The summed E-state index contributed by atoms with van der Waals surface area (Å²) in [6.07, 6.45) is 1.45. The molecule has 0 aromatic carbocycles. The first-order chi connectivity index (χ1) is 13.1. The summed E-state index contributed by atoms with van der Waals surface area (Å²) in [5.41, 5.74) is 0.693. The van der Waals surface area contributed by atoms with Crippen molar-refractivity contribution in [2.75, 3.05) is 45.7 Å². The van der Waals surface area contributed by atoms with Crippen molar-refractivity contribution in [3.63, 3.8) is 0 Å². The second-order valence-corrected chi connectivity index (χ2v) is 9.09. The molecule has 0 bridgehead atoms. The van der Waals surface area contributed by atoms with E-state index in [0.717, 1.165) is 6.42 Å². The van der Waals surface area contributed by atoms with Gasteiger partial charge in [-0.25, -0.2) is 9.97 Å². The van der Waals surface area contributed by atoms with Crippen molar-refractivity contribution in [2.45, 2.75) is 46.2 Å². The lowest BCUT2D eigenvalue weighted by Gasteiger charge is -2.29. The lowest BCUT2D eigenvalue weighted by atomic mass is 10.2. The first kappa shape index (κ1) is 22.5. The molecule has 1 aromatic heterocycles. The number of aromatic nitrogens is 2. The third kappa shape index (κ3) is 4.79. The molecular weight excluding hydrogens is 380 g/mol. The molecule has 1 saturated heterocycles. The van der Waals surface area contributed by atoms with Crippen LogP contribution >= 0.6 is 0 Å². The molecule has 0 spiro atoms. The molecule has 158 valence electrons. The van der Waals surface area contributed by atoms with E-state index in [9.17, 15) is 13.2 Å². The summed E-state index contributed by atoms with van der Waals surface area (Å²) < 4.78 is 29.2. The Bertz CT molecular complexity index is 795. The maximum atomic E-state index is 13.1. The number of nitrogens with zero attached hydrogens (tertiary/aromatic N) is 6. The number of rotatable bonds is 8. The summed E-state index contributed by atoms with van der Waals surface area (Å²) >= 11 is 0. The van der Waals surface area contributed by atoms with Crippen molar-refractivity contribution >= 4 is 21.9 Å². The average Bonchev–Trinajstić information content (AvgIpc) is 3.12. The molecule has 1 amide bonds. The van der Waals surface area contributed by atoms with Gasteiger partial charge in [-0.15, -0.1) is 0 Å². The van der Waals surface area contributed by atoms with Crippen LogP contribution in [0.1, 0.15) is 51.2 Å². The van der Waals surface area contributed by atoms with Crippen molar-refractivity contribution < 1.29 is 13.2 Å². The first-order valence-corrected chi connectivity index (χ1v) is 11.0. The molecule has 1 aliphatic heterocycles. The van der Waals surface area contributed by atoms with Crippen LogP contribution in [0.25, 0.3) is 0 Å². The van der Waals surface area contributed by atoms with E-state index in [-0.39, 0.29) is 5.91 Å². The van der Waals surface area contributed by atoms with Crippen LogP contribution in [0.5, 0.6) is 0 Å². The van der Waals surface area contributed by atoms with Gasteiger partial charge in [0, 0.05) is 53.8 Å². The molecule has 1 aliphatic rings. The monoisotopic (exact) mass is 412 g/mol. The molecule has 1 fully saturated rings. The van der Waals surface area contributed by atoms with Gasteiger partial charge < -0.3 is 9.80 Å². The standard InChI is InChI=1S/C18H32N6O3S/c1-7-23(8-2)28(26,27)24-11-9-10-16(24)18-19-15(13-22(6)14(3)25)12-17(20-18)21(4)5/h12,16H,7-11,13H2,1-6H3/t16-/m0/s1. The van der Waals surface area contributed by atoms with Crippen LogP contribution in [0, 0.1) is 0 Å². The molecule has 0 unspecified atom stereocenters. The van der Waals surface area contributed by atoms with Gasteiger partial charge in [-0.3, -0.25) is 4.79 Å². The largest absolute Gasteiger partial charge is 0.363 e. The Morgan fingerprint density at radius 2 is 1.86 bits per heavy atom. The van der Waals surface area contributed by atoms with E-state index in [1.165, 1.54) is 15.5 Å². The Morgan fingerprint density at radius 1 is 1.21 bits per heavy atom. The van der Waals surface area contributed by atoms with Crippen LogP contribution in [0.2, 0.25) is 0 Å². The summed E-state index contributed by atoms with van der Waals surface area (Å²) in [6, 6.07) is 1.44. The predicted molar refractivity (Wildman–Crippen MR) is 109 cm³/mol. The zero-order valence-electron chi connectivity index (χ0n) is 17.7. The summed E-state index contributed by atoms with van der Waals surface area (Å²) in [5.74, 6) is 1.13. The predicted octanol–water partition coefficient (Wildman–Crippen LogP) is 1.24. The van der Waals surface area contributed by atoms with Crippen LogP contribution < -0.4 is 4.90 Å². The van der Waals surface area contributed by atoms with Crippen molar-refractivity contribution in [3.05, 3.63) is 17.6 Å². The highest BCUT2D eigenvalue weighted by molar-refractivity contribution is 7.86. The van der Waals surface area contributed by atoms with E-state index in [1.807, 2.05) is 38.9 Å². The smallest absolute Gasteiger partial charge is 0.282 e. The topological polar surface area (TPSA) is 90.0 Å². The first-order valence-electron chi connectivity index (χ1n) is 9.65. The normalized spacial score (nSPS) is 17.9. The fourth-order valence-electron chi connectivity index (χ4n) is 3.29. The molecule has 2 heterocycles. The maximum Gasteiger partial charge on any atom is 0.282 e. The van der Waals surface area contributed by atoms with E-state index in [0.29, 0.717) is 49.9 Å². The Labute approximate surface area is 168 Å². The molecule has 9 nitrogen and oxygen atoms in total. The van der Waals surface area contributed by atoms with Crippen LogP contribution in [0.15, 0.2) is 6.07 Å². The molecule has 1 aromatic rings. The summed E-state index contributed by atoms with van der Waals surface area (Å²) in [6.45, 7) is 6.84. The minimum Gasteiger partial charge on any atom is -0.363 e. The van der Waals surface area contributed by atoms with Gasteiger partial charge in [0.05, 0.1) is 18.3 Å². The van der Waals surface area contributed by atoms with Gasteiger partial charge in [0.15, 0.2) is 0 Å². The van der Waals surface area contributed by atoms with Crippen LogP contribution in [0.4, 0.5) is 5.82 Å². The summed E-state index contributed by atoms with van der Waals surface area (Å²) in [5, 5.41) is 0. The molecule has 0 saturated carbocycles. The molecule has 0 N–H and O–H groups in total. The molecule has 28 heavy (non-hydrogen) atoms. The maximum absolute atomic E-state index is 13.1. The molecule has 2 rings (SSSR count). The highest BCUT2D eigenvalue weighted by atomic mass is 32.2. The van der Waals surface area contributed by atoms with E-state index in [1.54, 1.807) is 11.9 Å². The van der Waals surface area contributed by atoms with Gasteiger partial charge in [0.2, 0.25) is 5.91 Å². The van der Waals surface area contributed by atoms with E-state index in [2.05, 4.69) is 9.97 Å². The average molecular weight is 413 g/mol. The fraction of sp³-hybridized carbons (Fsp3) is 0.722. The Hall–Kier alpha value is -1.78. The van der Waals surface area contributed by atoms with Crippen molar-refractivity contribution in [2.24, 2.45) is 0 Å². The lowest BCUT2D eigenvalue weighted by molar-refractivity contribution is -0.128. The third-order valence-electron chi connectivity index (χ3n) is 5.01. The minimum atomic E-state index is -3.57. The zero-order valence-corrected chi connectivity index (χ0v) is 18.5. The summed E-state index contributed by atoms with van der Waals surface area (Å²) in [4.78, 5) is 24.3. The van der Waals surface area contributed by atoms with Gasteiger partial charge >= 0.3 is 0 Å². The Balaban J connectivity index is 2.44. The van der Waals surface area contributed by atoms with E-state index >= 15 is 0 Å². The van der Waals surface area contributed by atoms with Gasteiger partial charge in [-0.2, -0.15) is 17.0 Å². The highest BCUT2D eigenvalue weighted by Crippen LogP contribution is 2.34. The third-order valence-corrected chi connectivity index (χ3v) is 7.21. The molecule has 10 heteroatoms. The van der Waals surface area contributed by atoms with Crippen molar-refractivity contribution in [1.29, 1.82) is 0 Å². The minimum absolute atomic E-state index is 0.0573. The Kier molecular flexibility index (Phi) is 7.35. The van der Waals surface area contributed by atoms with Crippen LogP contribution in [-0.4, -0.2) is 78.6 Å². The van der Waals surface area contributed by atoms with Crippen molar-refractivity contribution in [3.8, 4) is 0 Å². The van der Waals surface area contributed by atoms with E-state index < -0.39 is 16.3 Å². The Morgan fingerprint density at radius 3 is 2.39 bits per heavy atom. The second-order valence-electron chi connectivity index (χ2n) is 7.21. The molecule has 1 atom stereocenters. The number of carbonyl (C=O) groups is 1. The molecule has 0 aliphatic carbocycles. The number of carbonyl (C=O) groups excluding carboxylic acids is 1. The van der Waals surface area contributed by atoms with Crippen LogP contribution in [-0.2, 0) is 21.5 Å². The van der Waals surface area contributed by atoms with Gasteiger partial charge in [-0.05, 0) is 12.8 Å². The summed E-state index contributed by atoms with van der Waals surface area (Å²) in [7, 11) is 1.90. The van der Waals surface area contributed by atoms with Crippen molar-refractivity contribution in [1.82, 2.24) is 23.5 Å². The number of hydrogen-bond acceptors (Lipinski definition) is 6. The molecule has 0 radical (unpaired) electrons. The lowest BCUT2D eigenvalue weighted by Crippen LogP contribution is -2.43. The quantitative estimate of drug-likeness (QED) is 0.638. The SMILES string of the molecule is CCN(CC)S(=O)(=O)N1CCC[C@H]1c1nc(CN(C)C(C)=O)cc(N(C)C)n1. The zero-order chi connectivity index (χ0) is 21.1. The molecular formula is C18H32N6O3S. The number of amides is 1. The van der Waals surface area contributed by atoms with Crippen LogP contribution in [0.3, 0.4) is 0 Å². The van der Waals surface area contributed by atoms with Gasteiger partial charge in [-0.1, -0.05) is 13.8 Å². The fourth-order valence-corrected chi connectivity index (χ4v) is 5.12.